The summed E-state index contributed by atoms with van der Waals surface area (Å²) in [5.74, 6) is -9.38. The Morgan fingerprint density at radius 1 is 1.32 bits per heavy atom. The molecule has 106 valence electrons. The molecule has 2 N–H and O–H groups in total. The van der Waals surface area contributed by atoms with Crippen LogP contribution in [-0.2, 0) is 16.0 Å². The summed E-state index contributed by atoms with van der Waals surface area (Å²) in [6.07, 6.45) is -6.56. The van der Waals surface area contributed by atoms with Gasteiger partial charge in [0.2, 0.25) is 0 Å². The van der Waals surface area contributed by atoms with Gasteiger partial charge in [0.1, 0.15) is 0 Å². The van der Waals surface area contributed by atoms with Crippen LogP contribution in [0.5, 0.6) is 0 Å². The van der Waals surface area contributed by atoms with Gasteiger partial charge in [-0.25, -0.2) is 4.98 Å². The summed E-state index contributed by atoms with van der Waals surface area (Å²) in [6.45, 7) is 0. The van der Waals surface area contributed by atoms with Crippen LogP contribution in [0.25, 0.3) is 0 Å². The average molecular weight is 304 g/mol. The second-order valence-electron chi connectivity index (χ2n) is 3.24. The van der Waals surface area contributed by atoms with Crippen LogP contribution in [0, 0.1) is 0 Å². The van der Waals surface area contributed by atoms with Gasteiger partial charge in [-0.05, 0) is 0 Å². The second kappa shape index (κ2) is 5.07. The van der Waals surface area contributed by atoms with Crippen molar-refractivity contribution in [3.05, 3.63) is 11.1 Å². The zero-order valence-electron chi connectivity index (χ0n) is 8.79. The lowest BCUT2D eigenvalue weighted by molar-refractivity contribution is -0.267. The smallest absolute Gasteiger partial charge is 0.463 e. The van der Waals surface area contributed by atoms with Gasteiger partial charge in [-0.3, -0.25) is 14.9 Å². The number of amides is 1. The minimum atomic E-state index is -6.02. The normalized spacial score (nSPS) is 12.3. The monoisotopic (exact) mass is 304 g/mol. The lowest BCUT2D eigenvalue weighted by atomic mass is 10.3. The van der Waals surface area contributed by atoms with Crippen LogP contribution in [0.1, 0.15) is 5.69 Å². The number of carbonyl (C=O) groups is 2. The number of hydrogen-bond acceptors (Lipinski definition) is 4. The standard InChI is InChI=1S/C8H5F5N2O3S/c9-7(10,8(11,12)13)5(18)15-6-14-3(2-19-6)1-4(16)17/h2H,1H2,(H,16,17)(H,14,15,18). The van der Waals surface area contributed by atoms with E-state index in [1.807, 2.05) is 0 Å². The van der Waals surface area contributed by atoms with E-state index in [0.717, 1.165) is 5.38 Å². The summed E-state index contributed by atoms with van der Waals surface area (Å²) < 4.78 is 60.7. The summed E-state index contributed by atoms with van der Waals surface area (Å²) in [5.41, 5.74) is -0.0666. The molecule has 0 spiro atoms. The van der Waals surface area contributed by atoms with Crippen LogP contribution in [0.3, 0.4) is 0 Å². The Kier molecular flexibility index (Phi) is 4.08. The van der Waals surface area contributed by atoms with Crippen molar-refractivity contribution in [2.24, 2.45) is 0 Å². The van der Waals surface area contributed by atoms with Crippen molar-refractivity contribution in [2.45, 2.75) is 18.5 Å². The Morgan fingerprint density at radius 3 is 2.37 bits per heavy atom. The highest BCUT2D eigenvalue weighted by Gasteiger charge is 2.63. The van der Waals surface area contributed by atoms with Crippen molar-refractivity contribution in [3.8, 4) is 0 Å². The molecule has 0 unspecified atom stereocenters. The van der Waals surface area contributed by atoms with E-state index >= 15 is 0 Å². The molecule has 0 atom stereocenters. The number of carboxylic acid groups (broad SMARTS) is 1. The summed E-state index contributed by atoms with van der Waals surface area (Å²) in [5, 5.41) is 10.3. The molecule has 0 fully saturated rings. The van der Waals surface area contributed by atoms with Gasteiger partial charge in [0, 0.05) is 5.38 Å². The highest BCUT2D eigenvalue weighted by Crippen LogP contribution is 2.36. The first-order valence-electron chi connectivity index (χ1n) is 4.46. The van der Waals surface area contributed by atoms with Crippen molar-refractivity contribution >= 4 is 28.3 Å². The number of rotatable bonds is 4. The number of hydrogen-bond donors (Lipinski definition) is 2. The molecule has 0 saturated carbocycles. The lowest BCUT2D eigenvalue weighted by Gasteiger charge is -2.17. The Balaban J connectivity index is 2.78. The fourth-order valence-corrected chi connectivity index (χ4v) is 1.61. The van der Waals surface area contributed by atoms with E-state index in [9.17, 15) is 31.5 Å². The van der Waals surface area contributed by atoms with Crippen molar-refractivity contribution in [3.63, 3.8) is 0 Å². The highest BCUT2D eigenvalue weighted by molar-refractivity contribution is 7.13. The van der Waals surface area contributed by atoms with Crippen LogP contribution >= 0.6 is 11.3 Å². The maximum absolute atomic E-state index is 12.6. The van der Waals surface area contributed by atoms with E-state index in [1.54, 1.807) is 0 Å². The third-order valence-corrected chi connectivity index (χ3v) is 2.55. The largest absolute Gasteiger partial charge is 0.481 e. The highest BCUT2D eigenvalue weighted by atomic mass is 32.1. The molecule has 0 aliphatic heterocycles. The number of halogens is 5. The molecule has 0 saturated heterocycles. The molecule has 0 aliphatic rings. The number of thiazole rings is 1. The maximum atomic E-state index is 12.6. The van der Waals surface area contributed by atoms with Crippen molar-refractivity contribution in [1.82, 2.24) is 4.98 Å². The molecule has 1 amide bonds. The van der Waals surface area contributed by atoms with Crippen molar-refractivity contribution in [1.29, 1.82) is 0 Å². The van der Waals surface area contributed by atoms with Crippen LogP contribution in [0.2, 0.25) is 0 Å². The average Bonchev–Trinajstić information content (AvgIpc) is 2.62. The molecular weight excluding hydrogens is 299 g/mol. The topological polar surface area (TPSA) is 79.3 Å². The molecule has 19 heavy (non-hydrogen) atoms. The summed E-state index contributed by atoms with van der Waals surface area (Å²) in [4.78, 5) is 24.5. The molecule has 1 aromatic heterocycles. The zero-order chi connectivity index (χ0) is 14.8. The molecule has 11 heteroatoms. The molecule has 1 aromatic rings. The third-order valence-electron chi connectivity index (χ3n) is 1.75. The van der Waals surface area contributed by atoms with Gasteiger partial charge in [0.25, 0.3) is 0 Å². The van der Waals surface area contributed by atoms with Gasteiger partial charge in [-0.15, -0.1) is 11.3 Å². The number of nitrogens with zero attached hydrogens (tertiary/aromatic N) is 1. The zero-order valence-corrected chi connectivity index (χ0v) is 9.61. The number of aliphatic carboxylic acids is 1. The number of carbonyl (C=O) groups excluding carboxylic acids is 1. The molecular formula is C8H5F5N2O3S. The van der Waals surface area contributed by atoms with E-state index < -0.39 is 35.5 Å². The fraction of sp³-hybridized carbons (Fsp3) is 0.375. The van der Waals surface area contributed by atoms with Gasteiger partial charge in [-0.1, -0.05) is 0 Å². The molecule has 0 radical (unpaired) electrons. The number of anilines is 1. The molecule has 1 rings (SSSR count). The quantitative estimate of drug-likeness (QED) is 0.833. The fourth-order valence-electron chi connectivity index (χ4n) is 0.905. The van der Waals surface area contributed by atoms with E-state index in [0.29, 0.717) is 11.3 Å². The summed E-state index contributed by atoms with van der Waals surface area (Å²) in [7, 11) is 0. The Bertz CT molecular complexity index is 499. The predicted octanol–water partition coefficient (Wildman–Crippen LogP) is 1.91. The first-order valence-corrected chi connectivity index (χ1v) is 5.34. The number of aromatic nitrogens is 1. The Hall–Kier alpha value is -1.78. The Labute approximate surface area is 106 Å². The van der Waals surface area contributed by atoms with Crippen molar-refractivity contribution < 1.29 is 36.6 Å². The lowest BCUT2D eigenvalue weighted by Crippen LogP contribution is -2.47. The molecule has 0 aromatic carbocycles. The van der Waals surface area contributed by atoms with E-state index in [4.69, 9.17) is 5.11 Å². The first kappa shape index (κ1) is 15.3. The molecule has 1 heterocycles. The SMILES string of the molecule is O=C(O)Cc1csc(NC(=O)C(F)(F)C(F)(F)F)n1. The van der Waals surface area contributed by atoms with Gasteiger partial charge in [-0.2, -0.15) is 22.0 Å². The second-order valence-corrected chi connectivity index (χ2v) is 4.10. The van der Waals surface area contributed by atoms with Gasteiger partial charge >= 0.3 is 24.0 Å². The van der Waals surface area contributed by atoms with Crippen LogP contribution in [0.4, 0.5) is 27.1 Å². The van der Waals surface area contributed by atoms with Crippen LogP contribution < -0.4 is 5.32 Å². The number of carboxylic acids is 1. The Morgan fingerprint density at radius 2 is 1.89 bits per heavy atom. The van der Waals surface area contributed by atoms with Crippen molar-refractivity contribution in [2.75, 3.05) is 5.32 Å². The minimum Gasteiger partial charge on any atom is -0.481 e. The molecule has 0 bridgehead atoms. The molecule has 0 aliphatic carbocycles. The first-order chi connectivity index (χ1) is 8.54. The van der Waals surface area contributed by atoms with E-state index in [-0.39, 0.29) is 5.69 Å². The molecule has 5 nitrogen and oxygen atoms in total. The van der Waals surface area contributed by atoms with Crippen LogP contribution in [0.15, 0.2) is 5.38 Å². The minimum absolute atomic E-state index is 0.0666. The number of alkyl halides is 5. The van der Waals surface area contributed by atoms with Crippen LogP contribution in [-0.4, -0.2) is 34.1 Å². The van der Waals surface area contributed by atoms with E-state index in [2.05, 4.69) is 4.98 Å². The predicted molar refractivity (Wildman–Crippen MR) is 53.1 cm³/mol. The number of nitrogens with one attached hydrogen (secondary N) is 1. The van der Waals surface area contributed by atoms with E-state index in [1.165, 1.54) is 5.32 Å². The maximum Gasteiger partial charge on any atom is 0.463 e. The van der Waals surface area contributed by atoms with Gasteiger partial charge in [0.15, 0.2) is 5.13 Å². The summed E-state index contributed by atoms with van der Waals surface area (Å²) >= 11 is 0.540. The third kappa shape index (κ3) is 3.59. The van der Waals surface area contributed by atoms with Gasteiger partial charge in [0.05, 0.1) is 12.1 Å². The van der Waals surface area contributed by atoms with Gasteiger partial charge < -0.3 is 5.11 Å². The summed E-state index contributed by atoms with van der Waals surface area (Å²) in [6, 6.07) is 0.